The van der Waals surface area contributed by atoms with E-state index in [1.807, 2.05) is 18.2 Å². The third-order valence-electron chi connectivity index (χ3n) is 2.67. The maximum absolute atomic E-state index is 10.0. The molecule has 0 spiro atoms. The van der Waals surface area contributed by atoms with Gasteiger partial charge in [-0.15, -0.1) is 11.3 Å². The zero-order chi connectivity index (χ0) is 12.1. The molecule has 2 rings (SSSR count). The molecule has 1 atom stereocenters. The molecule has 0 aliphatic heterocycles. The van der Waals surface area contributed by atoms with Crippen LogP contribution in [0.2, 0.25) is 0 Å². The molecule has 0 bridgehead atoms. The monoisotopic (exact) mass is 247 g/mol. The Labute approximate surface area is 106 Å². The van der Waals surface area contributed by atoms with Gasteiger partial charge in [-0.3, -0.25) is 4.98 Å². The normalized spacial score (nSPS) is 12.6. The van der Waals surface area contributed by atoms with Crippen molar-refractivity contribution >= 4 is 11.3 Å². The van der Waals surface area contributed by atoms with Gasteiger partial charge in [-0.1, -0.05) is 13.0 Å². The lowest BCUT2D eigenvalue weighted by molar-refractivity contribution is 0.175. The van der Waals surface area contributed by atoms with Crippen LogP contribution in [-0.4, -0.2) is 16.2 Å². The molecule has 0 aromatic carbocycles. The minimum atomic E-state index is -0.340. The van der Waals surface area contributed by atoms with Gasteiger partial charge in [-0.2, -0.15) is 0 Å². The lowest BCUT2D eigenvalue weighted by atomic mass is 10.1. The van der Waals surface area contributed by atoms with Crippen molar-refractivity contribution in [2.75, 3.05) is 0 Å². The summed E-state index contributed by atoms with van der Waals surface area (Å²) in [4.78, 5) is 6.86. The van der Waals surface area contributed by atoms with Gasteiger partial charge in [0.05, 0.1) is 6.10 Å². The predicted octanol–water partition coefficient (Wildman–Crippen LogP) is 2.85. The van der Waals surface area contributed by atoms with Gasteiger partial charge in [-0.05, 0) is 30.7 Å². The van der Waals surface area contributed by atoms with Crippen molar-refractivity contribution in [1.82, 2.24) is 4.98 Å². The van der Waals surface area contributed by atoms with Crippen LogP contribution in [0.15, 0.2) is 36.5 Å². The Morgan fingerprint density at radius 3 is 2.65 bits per heavy atom. The summed E-state index contributed by atoms with van der Waals surface area (Å²) in [6.45, 7) is 2.15. The first-order valence-corrected chi connectivity index (χ1v) is 6.75. The number of aliphatic hydroxyl groups is 1. The number of hydrogen-bond donors (Lipinski definition) is 1. The molecule has 17 heavy (non-hydrogen) atoms. The quantitative estimate of drug-likeness (QED) is 0.881. The molecule has 0 fully saturated rings. The van der Waals surface area contributed by atoms with Crippen LogP contribution in [-0.2, 0) is 19.3 Å². The average molecular weight is 247 g/mol. The third-order valence-corrected chi connectivity index (χ3v) is 3.93. The molecule has 0 aliphatic rings. The highest BCUT2D eigenvalue weighted by Crippen LogP contribution is 2.19. The Balaban J connectivity index is 1.91. The standard InChI is InChI=1S/C14H17NOS/c1-2-13-6-7-14(17-13)10-12(16)9-11-5-3-4-8-15-11/h3-8,12,16H,2,9-10H2,1H3. The smallest absolute Gasteiger partial charge is 0.0643 e. The minimum absolute atomic E-state index is 0.340. The van der Waals surface area contributed by atoms with Gasteiger partial charge in [0.2, 0.25) is 0 Å². The van der Waals surface area contributed by atoms with E-state index in [2.05, 4.69) is 24.0 Å². The van der Waals surface area contributed by atoms with E-state index in [1.54, 1.807) is 17.5 Å². The number of nitrogens with zero attached hydrogens (tertiary/aromatic N) is 1. The van der Waals surface area contributed by atoms with E-state index >= 15 is 0 Å². The number of aryl methyl sites for hydroxylation is 1. The Morgan fingerprint density at radius 2 is 2.00 bits per heavy atom. The number of pyridine rings is 1. The van der Waals surface area contributed by atoms with Crippen LogP contribution in [0, 0.1) is 0 Å². The van der Waals surface area contributed by atoms with E-state index in [0.717, 1.165) is 18.5 Å². The molecule has 1 unspecified atom stereocenters. The van der Waals surface area contributed by atoms with E-state index in [9.17, 15) is 5.11 Å². The molecule has 0 radical (unpaired) electrons. The fourth-order valence-electron chi connectivity index (χ4n) is 1.79. The second-order valence-electron chi connectivity index (χ2n) is 4.10. The highest BCUT2D eigenvalue weighted by molar-refractivity contribution is 7.11. The van der Waals surface area contributed by atoms with Gasteiger partial charge in [0.1, 0.15) is 0 Å². The Morgan fingerprint density at radius 1 is 1.18 bits per heavy atom. The van der Waals surface area contributed by atoms with E-state index in [4.69, 9.17) is 0 Å². The summed E-state index contributed by atoms with van der Waals surface area (Å²) in [7, 11) is 0. The minimum Gasteiger partial charge on any atom is -0.392 e. The fourth-order valence-corrected chi connectivity index (χ4v) is 2.82. The SMILES string of the molecule is CCc1ccc(CC(O)Cc2ccccn2)s1. The van der Waals surface area contributed by atoms with E-state index in [0.29, 0.717) is 6.42 Å². The molecule has 90 valence electrons. The van der Waals surface area contributed by atoms with Gasteiger partial charge < -0.3 is 5.11 Å². The molecular weight excluding hydrogens is 230 g/mol. The topological polar surface area (TPSA) is 33.1 Å². The van der Waals surface area contributed by atoms with Crippen molar-refractivity contribution < 1.29 is 5.11 Å². The highest BCUT2D eigenvalue weighted by Gasteiger charge is 2.09. The fraction of sp³-hybridized carbons (Fsp3) is 0.357. The molecule has 2 aromatic heterocycles. The van der Waals surface area contributed by atoms with Crippen LogP contribution in [0.4, 0.5) is 0 Å². The first-order valence-electron chi connectivity index (χ1n) is 5.93. The molecule has 2 nitrogen and oxygen atoms in total. The summed E-state index contributed by atoms with van der Waals surface area (Å²) in [5.41, 5.74) is 0.951. The van der Waals surface area contributed by atoms with Gasteiger partial charge in [0.25, 0.3) is 0 Å². The number of aliphatic hydroxyl groups excluding tert-OH is 1. The van der Waals surface area contributed by atoms with E-state index < -0.39 is 0 Å². The number of hydrogen-bond acceptors (Lipinski definition) is 3. The van der Waals surface area contributed by atoms with Crippen molar-refractivity contribution in [3.05, 3.63) is 52.0 Å². The average Bonchev–Trinajstić information content (AvgIpc) is 2.78. The Hall–Kier alpha value is -1.19. The molecule has 0 aliphatic carbocycles. The van der Waals surface area contributed by atoms with Crippen LogP contribution in [0.1, 0.15) is 22.4 Å². The van der Waals surface area contributed by atoms with E-state index in [1.165, 1.54) is 9.75 Å². The molecular formula is C14H17NOS. The Kier molecular flexibility index (Phi) is 4.29. The molecule has 2 aromatic rings. The summed E-state index contributed by atoms with van der Waals surface area (Å²) in [6, 6.07) is 10.1. The maximum Gasteiger partial charge on any atom is 0.0643 e. The van der Waals surface area contributed by atoms with Crippen molar-refractivity contribution in [1.29, 1.82) is 0 Å². The number of aromatic nitrogens is 1. The molecule has 0 saturated heterocycles. The van der Waals surface area contributed by atoms with Crippen molar-refractivity contribution in [3.8, 4) is 0 Å². The summed E-state index contributed by atoms with van der Waals surface area (Å²) < 4.78 is 0. The van der Waals surface area contributed by atoms with Crippen molar-refractivity contribution in [3.63, 3.8) is 0 Å². The Bertz CT molecular complexity index is 452. The molecule has 0 saturated carbocycles. The largest absolute Gasteiger partial charge is 0.392 e. The first-order chi connectivity index (χ1) is 8.28. The van der Waals surface area contributed by atoms with Crippen LogP contribution in [0.3, 0.4) is 0 Å². The van der Waals surface area contributed by atoms with Crippen LogP contribution in [0.25, 0.3) is 0 Å². The van der Waals surface area contributed by atoms with Crippen LogP contribution >= 0.6 is 11.3 Å². The highest BCUT2D eigenvalue weighted by atomic mass is 32.1. The van der Waals surface area contributed by atoms with E-state index in [-0.39, 0.29) is 6.10 Å². The van der Waals surface area contributed by atoms with Gasteiger partial charge in [0.15, 0.2) is 0 Å². The van der Waals surface area contributed by atoms with Crippen LogP contribution < -0.4 is 0 Å². The summed E-state index contributed by atoms with van der Waals surface area (Å²) in [5, 5.41) is 10.0. The third kappa shape index (κ3) is 3.65. The molecule has 3 heteroatoms. The van der Waals surface area contributed by atoms with Crippen molar-refractivity contribution in [2.24, 2.45) is 0 Å². The lowest BCUT2D eigenvalue weighted by Gasteiger charge is -2.08. The zero-order valence-electron chi connectivity index (χ0n) is 9.97. The lowest BCUT2D eigenvalue weighted by Crippen LogP contribution is -2.13. The van der Waals surface area contributed by atoms with Crippen molar-refractivity contribution in [2.45, 2.75) is 32.3 Å². The summed E-state index contributed by atoms with van der Waals surface area (Å²) >= 11 is 1.79. The summed E-state index contributed by atoms with van der Waals surface area (Å²) in [5.74, 6) is 0. The number of thiophene rings is 1. The van der Waals surface area contributed by atoms with Gasteiger partial charge in [-0.25, -0.2) is 0 Å². The van der Waals surface area contributed by atoms with Gasteiger partial charge >= 0.3 is 0 Å². The van der Waals surface area contributed by atoms with Crippen LogP contribution in [0.5, 0.6) is 0 Å². The predicted molar refractivity (Wildman–Crippen MR) is 71.3 cm³/mol. The van der Waals surface area contributed by atoms with Gasteiger partial charge in [0, 0.05) is 34.5 Å². The zero-order valence-corrected chi connectivity index (χ0v) is 10.8. The molecule has 2 heterocycles. The first kappa shape index (κ1) is 12.3. The maximum atomic E-state index is 10.0. The second kappa shape index (κ2) is 5.94. The summed E-state index contributed by atoms with van der Waals surface area (Å²) in [6.07, 6.45) is 3.85. The number of rotatable bonds is 5. The molecule has 0 amide bonds. The molecule has 1 N–H and O–H groups in total. The second-order valence-corrected chi connectivity index (χ2v) is 5.36.